The minimum absolute atomic E-state index is 0.0242. The predicted octanol–water partition coefficient (Wildman–Crippen LogP) is 3.40. The molecule has 3 aromatic rings. The van der Waals surface area contributed by atoms with Gasteiger partial charge >= 0.3 is 6.18 Å². The molecular formula is C15H9F3N2O. The molecule has 0 fully saturated rings. The first-order valence-electron chi connectivity index (χ1n) is 6.10. The van der Waals surface area contributed by atoms with Crippen molar-refractivity contribution in [3.8, 4) is 5.69 Å². The van der Waals surface area contributed by atoms with Gasteiger partial charge in [0.2, 0.25) is 0 Å². The van der Waals surface area contributed by atoms with Gasteiger partial charge in [0.15, 0.2) is 0 Å². The monoisotopic (exact) mass is 290 g/mol. The molecule has 0 aliphatic heterocycles. The summed E-state index contributed by atoms with van der Waals surface area (Å²) in [5, 5.41) is 0.490. The maximum absolute atomic E-state index is 12.8. The van der Waals surface area contributed by atoms with Crippen LogP contribution in [0.25, 0.3) is 16.5 Å². The molecule has 0 radical (unpaired) electrons. The molecule has 0 bridgehead atoms. The summed E-state index contributed by atoms with van der Waals surface area (Å²) in [7, 11) is 0. The quantitative estimate of drug-likeness (QED) is 0.688. The third kappa shape index (κ3) is 2.40. The molecule has 0 unspecified atom stereocenters. The zero-order chi connectivity index (χ0) is 15.0. The summed E-state index contributed by atoms with van der Waals surface area (Å²) in [5.41, 5.74) is -0.843. The average molecular weight is 290 g/mol. The summed E-state index contributed by atoms with van der Waals surface area (Å²) in [6, 6.07) is 8.06. The van der Waals surface area contributed by atoms with E-state index in [0.29, 0.717) is 11.1 Å². The Morgan fingerprint density at radius 2 is 1.90 bits per heavy atom. The largest absolute Gasteiger partial charge is 0.416 e. The topological polar surface area (TPSA) is 34.9 Å². The van der Waals surface area contributed by atoms with Crippen molar-refractivity contribution < 1.29 is 13.2 Å². The van der Waals surface area contributed by atoms with Crippen LogP contribution in [0.3, 0.4) is 0 Å². The molecule has 0 saturated carbocycles. The number of rotatable bonds is 1. The molecule has 0 aliphatic carbocycles. The van der Waals surface area contributed by atoms with Gasteiger partial charge in [-0.15, -0.1) is 0 Å². The molecule has 6 heteroatoms. The number of alkyl halides is 3. The van der Waals surface area contributed by atoms with E-state index in [-0.39, 0.29) is 5.39 Å². The fourth-order valence-electron chi connectivity index (χ4n) is 2.12. The van der Waals surface area contributed by atoms with Crippen LogP contribution in [0.5, 0.6) is 0 Å². The van der Waals surface area contributed by atoms with E-state index in [1.807, 2.05) is 0 Å². The smallest absolute Gasteiger partial charge is 0.282 e. The van der Waals surface area contributed by atoms with Crippen molar-refractivity contribution in [2.45, 2.75) is 6.18 Å². The van der Waals surface area contributed by atoms with Crippen molar-refractivity contribution in [2.24, 2.45) is 0 Å². The van der Waals surface area contributed by atoms with Crippen molar-refractivity contribution in [1.29, 1.82) is 0 Å². The highest BCUT2D eigenvalue weighted by Gasteiger charge is 2.30. The second kappa shape index (κ2) is 4.73. The van der Waals surface area contributed by atoms with Gasteiger partial charge in [-0.05, 0) is 35.7 Å². The van der Waals surface area contributed by atoms with Gasteiger partial charge in [-0.25, -0.2) is 0 Å². The molecule has 2 heterocycles. The summed E-state index contributed by atoms with van der Waals surface area (Å²) >= 11 is 0. The summed E-state index contributed by atoms with van der Waals surface area (Å²) < 4.78 is 39.5. The molecule has 0 saturated heterocycles. The number of hydrogen-bond acceptors (Lipinski definition) is 2. The average Bonchev–Trinajstić information content (AvgIpc) is 2.47. The predicted molar refractivity (Wildman–Crippen MR) is 72.3 cm³/mol. The maximum atomic E-state index is 12.8. The first-order valence-corrected chi connectivity index (χ1v) is 6.10. The molecule has 0 aliphatic rings. The number of halogens is 3. The molecule has 0 N–H and O–H groups in total. The minimum Gasteiger partial charge on any atom is -0.282 e. The Balaban J connectivity index is 2.27. The Kier molecular flexibility index (Phi) is 3.01. The Bertz CT molecular complexity index is 854. The number of hydrogen-bond donors (Lipinski definition) is 0. The van der Waals surface area contributed by atoms with E-state index in [1.165, 1.54) is 23.0 Å². The Labute approximate surface area is 117 Å². The SMILES string of the molecule is O=c1c2cc(C(F)(F)F)ccc2ccn1-c1cccnc1. The van der Waals surface area contributed by atoms with Crippen molar-refractivity contribution in [2.75, 3.05) is 0 Å². The van der Waals surface area contributed by atoms with Crippen LogP contribution >= 0.6 is 0 Å². The van der Waals surface area contributed by atoms with Crippen LogP contribution < -0.4 is 5.56 Å². The second-order valence-corrected chi connectivity index (χ2v) is 4.50. The van der Waals surface area contributed by atoms with Crippen LogP contribution in [0.1, 0.15) is 5.56 Å². The van der Waals surface area contributed by atoms with E-state index in [1.54, 1.807) is 24.4 Å². The lowest BCUT2D eigenvalue weighted by Gasteiger charge is -2.09. The number of aromatic nitrogens is 2. The van der Waals surface area contributed by atoms with Crippen LogP contribution in [-0.2, 0) is 6.18 Å². The number of benzene rings is 1. The number of pyridine rings is 2. The Morgan fingerprint density at radius 1 is 1.10 bits per heavy atom. The molecule has 0 atom stereocenters. The normalized spacial score (nSPS) is 11.8. The van der Waals surface area contributed by atoms with Gasteiger partial charge < -0.3 is 0 Å². The van der Waals surface area contributed by atoms with Crippen molar-refractivity contribution in [1.82, 2.24) is 9.55 Å². The van der Waals surface area contributed by atoms with Gasteiger partial charge in [0, 0.05) is 17.8 Å². The van der Waals surface area contributed by atoms with Gasteiger partial charge in [0.25, 0.3) is 5.56 Å². The first-order chi connectivity index (χ1) is 9.97. The van der Waals surface area contributed by atoms with Gasteiger partial charge in [-0.1, -0.05) is 6.07 Å². The molecule has 21 heavy (non-hydrogen) atoms. The van der Waals surface area contributed by atoms with Gasteiger partial charge in [-0.2, -0.15) is 13.2 Å². The van der Waals surface area contributed by atoms with E-state index in [0.717, 1.165) is 12.1 Å². The molecule has 2 aromatic heterocycles. The molecule has 0 spiro atoms. The van der Waals surface area contributed by atoms with E-state index in [4.69, 9.17) is 0 Å². The first kappa shape index (κ1) is 13.4. The lowest BCUT2D eigenvalue weighted by molar-refractivity contribution is -0.137. The van der Waals surface area contributed by atoms with Crippen LogP contribution in [0.15, 0.2) is 59.8 Å². The zero-order valence-electron chi connectivity index (χ0n) is 10.6. The van der Waals surface area contributed by atoms with Gasteiger partial charge in [0.05, 0.1) is 17.4 Å². The molecule has 106 valence electrons. The molecule has 1 aromatic carbocycles. The Hall–Kier alpha value is -2.63. The van der Waals surface area contributed by atoms with Gasteiger partial charge in [-0.3, -0.25) is 14.3 Å². The Morgan fingerprint density at radius 3 is 2.57 bits per heavy atom. The zero-order valence-corrected chi connectivity index (χ0v) is 10.6. The maximum Gasteiger partial charge on any atom is 0.416 e. The van der Waals surface area contributed by atoms with Crippen molar-refractivity contribution >= 4 is 10.8 Å². The summed E-state index contributed by atoms with van der Waals surface area (Å²) in [6.07, 6.45) is 0.0722. The highest BCUT2D eigenvalue weighted by molar-refractivity contribution is 5.82. The van der Waals surface area contributed by atoms with Crippen LogP contribution in [0, 0.1) is 0 Å². The molecule has 3 nitrogen and oxygen atoms in total. The van der Waals surface area contributed by atoms with Crippen molar-refractivity contribution in [3.63, 3.8) is 0 Å². The standard InChI is InChI=1S/C15H9F3N2O/c16-15(17,18)11-4-3-10-5-7-20(14(21)13(10)8-11)12-2-1-6-19-9-12/h1-9H. The summed E-state index contributed by atoms with van der Waals surface area (Å²) in [5.74, 6) is 0. The lowest BCUT2D eigenvalue weighted by Crippen LogP contribution is -2.18. The molecule has 0 amide bonds. The lowest BCUT2D eigenvalue weighted by atomic mass is 10.1. The third-order valence-corrected chi connectivity index (χ3v) is 3.16. The van der Waals surface area contributed by atoms with E-state index in [9.17, 15) is 18.0 Å². The molecule has 3 rings (SSSR count). The molecular weight excluding hydrogens is 281 g/mol. The highest BCUT2D eigenvalue weighted by Crippen LogP contribution is 2.30. The minimum atomic E-state index is -4.48. The van der Waals surface area contributed by atoms with Crippen LogP contribution in [0.2, 0.25) is 0 Å². The second-order valence-electron chi connectivity index (χ2n) is 4.50. The number of fused-ring (bicyclic) bond motifs is 1. The van der Waals surface area contributed by atoms with E-state index in [2.05, 4.69) is 4.98 Å². The summed E-state index contributed by atoms with van der Waals surface area (Å²) in [6.45, 7) is 0. The van der Waals surface area contributed by atoms with Crippen LogP contribution in [0.4, 0.5) is 13.2 Å². The van der Waals surface area contributed by atoms with Gasteiger partial charge in [0.1, 0.15) is 0 Å². The van der Waals surface area contributed by atoms with Crippen molar-refractivity contribution in [3.05, 3.63) is 70.9 Å². The third-order valence-electron chi connectivity index (χ3n) is 3.16. The van der Waals surface area contributed by atoms with E-state index < -0.39 is 17.3 Å². The fourth-order valence-corrected chi connectivity index (χ4v) is 2.12. The number of nitrogens with zero attached hydrogens (tertiary/aromatic N) is 2. The summed E-state index contributed by atoms with van der Waals surface area (Å²) in [4.78, 5) is 16.3. The van der Waals surface area contributed by atoms with E-state index >= 15 is 0 Å². The highest BCUT2D eigenvalue weighted by atomic mass is 19.4. The van der Waals surface area contributed by atoms with Crippen LogP contribution in [-0.4, -0.2) is 9.55 Å². The fraction of sp³-hybridized carbons (Fsp3) is 0.0667.